The van der Waals surface area contributed by atoms with Crippen LogP contribution in [-0.4, -0.2) is 34.1 Å². The van der Waals surface area contributed by atoms with Gasteiger partial charge >= 0.3 is 5.69 Å². The van der Waals surface area contributed by atoms with Crippen molar-refractivity contribution in [2.24, 2.45) is 0 Å². The minimum Gasteiger partial charge on any atom is -0.307 e. The third-order valence-corrected chi connectivity index (χ3v) is 5.14. The van der Waals surface area contributed by atoms with Crippen LogP contribution >= 0.6 is 0 Å². The molecule has 134 valence electrons. The van der Waals surface area contributed by atoms with E-state index in [-0.39, 0.29) is 17.1 Å². The topological polar surface area (TPSA) is 58.1 Å². The van der Waals surface area contributed by atoms with E-state index in [4.69, 9.17) is 0 Å². The molecule has 1 atom stereocenters. The van der Waals surface area contributed by atoms with E-state index in [0.717, 1.165) is 25.1 Å². The number of nitrogens with zero attached hydrogens (tertiary/aromatic N) is 2. The molecule has 3 aromatic rings. The number of aromatic amines is 1. The molecule has 4 rings (SSSR count). The first-order valence-electron chi connectivity index (χ1n) is 8.81. The van der Waals surface area contributed by atoms with E-state index in [0.29, 0.717) is 29.9 Å². The van der Waals surface area contributed by atoms with E-state index in [1.54, 1.807) is 24.3 Å². The number of rotatable bonds is 4. The molecule has 1 saturated heterocycles. The number of halogens is 1. The van der Waals surface area contributed by atoms with E-state index in [1.165, 1.54) is 16.7 Å². The molecule has 26 heavy (non-hydrogen) atoms. The van der Waals surface area contributed by atoms with E-state index < -0.39 is 0 Å². The minimum atomic E-state index is -0.372. The summed E-state index contributed by atoms with van der Waals surface area (Å²) < 4.78 is 14.3. The Morgan fingerprint density at radius 1 is 1.04 bits per heavy atom. The Morgan fingerprint density at radius 2 is 1.81 bits per heavy atom. The van der Waals surface area contributed by atoms with Crippen molar-refractivity contribution in [1.29, 1.82) is 0 Å². The van der Waals surface area contributed by atoms with E-state index >= 15 is 0 Å². The number of benzene rings is 2. The first-order chi connectivity index (χ1) is 12.6. The molecule has 0 aliphatic carbocycles. The van der Waals surface area contributed by atoms with Gasteiger partial charge in [-0.2, -0.15) is 0 Å². The fraction of sp³-hybridized carbons (Fsp3) is 0.300. The van der Waals surface area contributed by atoms with Crippen molar-refractivity contribution in [1.82, 2.24) is 14.5 Å². The number of H-pyrrole nitrogens is 1. The molecule has 0 spiro atoms. The van der Waals surface area contributed by atoms with Crippen molar-refractivity contribution in [3.63, 3.8) is 0 Å². The lowest BCUT2D eigenvalue weighted by Gasteiger charge is -2.16. The average molecular weight is 353 g/mol. The summed E-state index contributed by atoms with van der Waals surface area (Å²) in [5.74, 6) is 0.140. The fourth-order valence-corrected chi connectivity index (χ4v) is 3.69. The van der Waals surface area contributed by atoms with Gasteiger partial charge in [0.1, 0.15) is 5.82 Å². The van der Waals surface area contributed by atoms with Crippen LogP contribution in [0.3, 0.4) is 0 Å². The van der Waals surface area contributed by atoms with Crippen LogP contribution in [0, 0.1) is 5.82 Å². The quantitative estimate of drug-likeness (QED) is 0.783. The summed E-state index contributed by atoms with van der Waals surface area (Å²) in [6.45, 7) is 2.75. The van der Waals surface area contributed by atoms with Gasteiger partial charge < -0.3 is 9.88 Å². The molecular weight excluding hydrogens is 333 g/mol. The van der Waals surface area contributed by atoms with Crippen LogP contribution in [0.15, 0.2) is 58.1 Å². The Labute approximate surface area is 149 Å². The van der Waals surface area contributed by atoms with Crippen molar-refractivity contribution in [3.8, 4) is 0 Å². The van der Waals surface area contributed by atoms with Gasteiger partial charge in [-0.15, -0.1) is 0 Å². The molecule has 0 saturated carbocycles. The Balaban J connectivity index is 1.47. The molecule has 1 N–H and O–H groups in total. The van der Waals surface area contributed by atoms with Gasteiger partial charge in [0.05, 0.1) is 10.9 Å². The summed E-state index contributed by atoms with van der Waals surface area (Å²) in [4.78, 5) is 29.8. The second-order valence-electron chi connectivity index (χ2n) is 6.77. The van der Waals surface area contributed by atoms with Gasteiger partial charge in [0.25, 0.3) is 5.56 Å². The zero-order valence-corrected chi connectivity index (χ0v) is 14.3. The molecule has 2 heterocycles. The molecule has 1 aliphatic heterocycles. The fourth-order valence-electron chi connectivity index (χ4n) is 3.69. The van der Waals surface area contributed by atoms with E-state index in [9.17, 15) is 14.0 Å². The second kappa shape index (κ2) is 6.88. The third-order valence-electron chi connectivity index (χ3n) is 5.14. The highest BCUT2D eigenvalue weighted by Gasteiger charge is 2.23. The lowest BCUT2D eigenvalue weighted by atomic mass is 9.99. The van der Waals surface area contributed by atoms with Crippen LogP contribution in [0.25, 0.3) is 10.9 Å². The predicted molar refractivity (Wildman–Crippen MR) is 99.0 cm³/mol. The van der Waals surface area contributed by atoms with Gasteiger partial charge in [-0.25, -0.2) is 9.18 Å². The van der Waals surface area contributed by atoms with Crippen molar-refractivity contribution in [3.05, 3.63) is 80.7 Å². The number of para-hydroxylation sites is 1. The molecule has 0 amide bonds. The zero-order chi connectivity index (χ0) is 18.1. The third kappa shape index (κ3) is 3.20. The Morgan fingerprint density at radius 3 is 2.62 bits per heavy atom. The van der Waals surface area contributed by atoms with Gasteiger partial charge in [0.15, 0.2) is 0 Å². The van der Waals surface area contributed by atoms with Crippen LogP contribution in [0.4, 0.5) is 4.39 Å². The predicted octanol–water partition coefficient (Wildman–Crippen LogP) is 2.32. The maximum atomic E-state index is 13.1. The van der Waals surface area contributed by atoms with Crippen LogP contribution in [0.5, 0.6) is 0 Å². The smallest absolute Gasteiger partial charge is 0.307 e. The molecule has 1 aromatic heterocycles. The lowest BCUT2D eigenvalue weighted by Crippen LogP contribution is -2.38. The Kier molecular flexibility index (Phi) is 4.42. The van der Waals surface area contributed by atoms with E-state index in [1.807, 2.05) is 12.1 Å². The summed E-state index contributed by atoms with van der Waals surface area (Å²) in [7, 11) is 0. The first-order valence-corrected chi connectivity index (χ1v) is 8.81. The molecule has 1 unspecified atom stereocenters. The summed E-state index contributed by atoms with van der Waals surface area (Å²) in [5, 5.41) is 0.526. The normalized spacial score (nSPS) is 17.8. The molecule has 6 heteroatoms. The maximum absolute atomic E-state index is 13.1. The van der Waals surface area contributed by atoms with Gasteiger partial charge in [0.2, 0.25) is 0 Å². The van der Waals surface area contributed by atoms with Crippen LogP contribution in [0.1, 0.15) is 17.9 Å². The number of hydrogen-bond donors (Lipinski definition) is 1. The standard InChI is InChI=1S/C20H20FN3O2/c21-16-7-5-14(6-8-16)15-9-10-23(13-15)11-12-24-19(25)17-3-1-2-4-18(17)22-20(24)26/h1-8,15H,9-13H2,(H,22,26). The summed E-state index contributed by atoms with van der Waals surface area (Å²) in [5.41, 5.74) is 1.08. The van der Waals surface area contributed by atoms with Crippen LogP contribution in [0.2, 0.25) is 0 Å². The van der Waals surface area contributed by atoms with Gasteiger partial charge in [-0.1, -0.05) is 24.3 Å². The molecule has 0 bridgehead atoms. The Hall–Kier alpha value is -2.73. The second-order valence-corrected chi connectivity index (χ2v) is 6.77. The lowest BCUT2D eigenvalue weighted by molar-refractivity contribution is 0.314. The number of nitrogens with one attached hydrogen (secondary N) is 1. The van der Waals surface area contributed by atoms with E-state index in [2.05, 4.69) is 9.88 Å². The zero-order valence-electron chi connectivity index (χ0n) is 14.3. The SMILES string of the molecule is O=c1[nH]c2ccccc2c(=O)n1CCN1CCC(c2ccc(F)cc2)C1. The summed E-state index contributed by atoms with van der Waals surface area (Å²) in [6, 6.07) is 13.7. The minimum absolute atomic E-state index is 0.224. The van der Waals surface area contributed by atoms with Crippen molar-refractivity contribution in [2.75, 3.05) is 19.6 Å². The van der Waals surface area contributed by atoms with Crippen LogP contribution < -0.4 is 11.2 Å². The van der Waals surface area contributed by atoms with Crippen molar-refractivity contribution < 1.29 is 4.39 Å². The molecule has 0 radical (unpaired) electrons. The van der Waals surface area contributed by atoms with Gasteiger partial charge in [-0.3, -0.25) is 9.36 Å². The van der Waals surface area contributed by atoms with Crippen molar-refractivity contribution >= 4 is 10.9 Å². The molecular formula is C20H20FN3O2. The monoisotopic (exact) mass is 353 g/mol. The van der Waals surface area contributed by atoms with Gasteiger partial charge in [-0.05, 0) is 48.7 Å². The summed E-state index contributed by atoms with van der Waals surface area (Å²) >= 11 is 0. The number of aromatic nitrogens is 2. The van der Waals surface area contributed by atoms with Gasteiger partial charge in [0, 0.05) is 19.6 Å². The average Bonchev–Trinajstić information content (AvgIpc) is 3.11. The Bertz CT molecular complexity index is 1040. The molecule has 5 nitrogen and oxygen atoms in total. The number of hydrogen-bond acceptors (Lipinski definition) is 3. The number of likely N-dealkylation sites (tertiary alicyclic amines) is 1. The molecule has 1 aliphatic rings. The summed E-state index contributed by atoms with van der Waals surface area (Å²) in [6.07, 6.45) is 0.995. The maximum Gasteiger partial charge on any atom is 0.328 e. The highest BCUT2D eigenvalue weighted by molar-refractivity contribution is 5.76. The number of fused-ring (bicyclic) bond motifs is 1. The van der Waals surface area contributed by atoms with Crippen LogP contribution in [-0.2, 0) is 6.54 Å². The first kappa shape index (κ1) is 16.7. The largest absolute Gasteiger partial charge is 0.328 e. The van der Waals surface area contributed by atoms with Crippen molar-refractivity contribution in [2.45, 2.75) is 18.9 Å². The highest BCUT2D eigenvalue weighted by Crippen LogP contribution is 2.27. The molecule has 2 aromatic carbocycles. The molecule has 1 fully saturated rings. The highest BCUT2D eigenvalue weighted by atomic mass is 19.1.